The quantitative estimate of drug-likeness (QED) is 0.632. The fourth-order valence-electron chi connectivity index (χ4n) is 4.11. The van der Waals surface area contributed by atoms with Gasteiger partial charge in [0.1, 0.15) is 5.52 Å². The van der Waals surface area contributed by atoms with Crippen LogP contribution in [0.4, 0.5) is 0 Å². The van der Waals surface area contributed by atoms with Crippen molar-refractivity contribution in [2.75, 3.05) is 6.54 Å². The van der Waals surface area contributed by atoms with Gasteiger partial charge >= 0.3 is 0 Å². The molecule has 0 atom stereocenters. The van der Waals surface area contributed by atoms with Gasteiger partial charge in [-0.05, 0) is 62.8 Å². The molecule has 0 bridgehead atoms. The maximum Gasteiger partial charge on any atom is 0.275 e. The lowest BCUT2D eigenvalue weighted by Crippen LogP contribution is -2.26. The van der Waals surface area contributed by atoms with E-state index in [9.17, 15) is 9.59 Å². The summed E-state index contributed by atoms with van der Waals surface area (Å²) in [7, 11) is 0. The Kier molecular flexibility index (Phi) is 5.60. The van der Waals surface area contributed by atoms with Crippen molar-refractivity contribution < 1.29 is 4.79 Å². The largest absolute Gasteiger partial charge is 0.356 e. The number of carbonyl (C=O) groups excluding carboxylic acids is 1. The van der Waals surface area contributed by atoms with Crippen LogP contribution in [0.25, 0.3) is 16.6 Å². The smallest absolute Gasteiger partial charge is 0.275 e. The monoisotopic (exact) mass is 377 g/mol. The number of benzene rings is 1. The predicted octanol–water partition coefficient (Wildman–Crippen LogP) is 4.04. The highest BCUT2D eigenvalue weighted by atomic mass is 16.1. The Morgan fingerprint density at radius 3 is 2.68 bits per heavy atom. The zero-order chi connectivity index (χ0) is 19.3. The first-order valence-corrected chi connectivity index (χ1v) is 10.3. The number of nitrogens with one attached hydrogen (secondary N) is 1. The highest BCUT2D eigenvalue weighted by Gasteiger charge is 2.11. The number of hydrogen-bond acceptors (Lipinski definition) is 2. The second kappa shape index (κ2) is 8.46. The van der Waals surface area contributed by atoms with Gasteiger partial charge in [-0.25, -0.2) is 0 Å². The lowest BCUT2D eigenvalue weighted by Gasteiger charge is -2.14. The molecule has 28 heavy (non-hydrogen) atoms. The third-order valence-electron chi connectivity index (χ3n) is 5.58. The number of aryl methyl sites for hydroxylation is 1. The fourth-order valence-corrected chi connectivity index (χ4v) is 4.11. The number of para-hydroxylation sites is 2. The molecule has 0 radical (unpaired) electrons. The second-order valence-corrected chi connectivity index (χ2v) is 7.52. The lowest BCUT2D eigenvalue weighted by atomic mass is 9.97. The minimum Gasteiger partial charge on any atom is -0.356 e. The van der Waals surface area contributed by atoms with E-state index in [4.69, 9.17) is 0 Å². The first-order valence-electron chi connectivity index (χ1n) is 10.3. The minimum absolute atomic E-state index is 0.00616. The number of amides is 1. The third-order valence-corrected chi connectivity index (χ3v) is 5.58. The van der Waals surface area contributed by atoms with Crippen molar-refractivity contribution in [1.82, 2.24) is 14.3 Å². The van der Waals surface area contributed by atoms with E-state index >= 15 is 0 Å². The highest BCUT2D eigenvalue weighted by molar-refractivity contribution is 5.79. The van der Waals surface area contributed by atoms with E-state index in [1.165, 1.54) is 31.3 Å². The van der Waals surface area contributed by atoms with Gasteiger partial charge in [-0.3, -0.25) is 9.59 Å². The number of carbonyl (C=O) groups is 1. The van der Waals surface area contributed by atoms with Crippen LogP contribution in [-0.2, 0) is 11.3 Å². The first kappa shape index (κ1) is 18.5. The van der Waals surface area contributed by atoms with Crippen LogP contribution in [0.5, 0.6) is 0 Å². The Bertz CT molecular complexity index is 1070. The molecule has 0 aliphatic heterocycles. The van der Waals surface area contributed by atoms with Gasteiger partial charge in [0.2, 0.25) is 5.91 Å². The molecule has 5 heteroatoms. The van der Waals surface area contributed by atoms with E-state index in [0.717, 1.165) is 17.5 Å². The van der Waals surface area contributed by atoms with Crippen LogP contribution in [-0.4, -0.2) is 21.4 Å². The van der Waals surface area contributed by atoms with Crippen molar-refractivity contribution in [3.63, 3.8) is 0 Å². The summed E-state index contributed by atoms with van der Waals surface area (Å²) in [6, 6.07) is 11.6. The van der Waals surface area contributed by atoms with Crippen LogP contribution in [0.3, 0.4) is 0 Å². The molecule has 0 saturated heterocycles. The minimum atomic E-state index is -0.00616. The van der Waals surface area contributed by atoms with E-state index in [-0.39, 0.29) is 11.5 Å². The molecule has 1 aliphatic rings. The number of nitrogens with zero attached hydrogens (tertiary/aromatic N) is 2. The Morgan fingerprint density at radius 2 is 1.86 bits per heavy atom. The Hall–Kier alpha value is -2.82. The summed E-state index contributed by atoms with van der Waals surface area (Å²) in [5, 5.41) is 3.02. The number of aromatic nitrogens is 2. The summed E-state index contributed by atoms with van der Waals surface area (Å²) in [5.41, 5.74) is 4.05. The molecule has 3 aromatic rings. The molecule has 1 aliphatic carbocycles. The maximum absolute atomic E-state index is 12.9. The number of fused-ring (bicyclic) bond motifs is 3. The predicted molar refractivity (Wildman–Crippen MR) is 113 cm³/mol. The van der Waals surface area contributed by atoms with Gasteiger partial charge < -0.3 is 14.3 Å². The normalized spacial score (nSPS) is 14.4. The molecule has 0 spiro atoms. The van der Waals surface area contributed by atoms with Crippen LogP contribution >= 0.6 is 0 Å². The van der Waals surface area contributed by atoms with Crippen LogP contribution in [0.15, 0.2) is 59.0 Å². The zero-order valence-electron chi connectivity index (χ0n) is 16.2. The summed E-state index contributed by atoms with van der Waals surface area (Å²) in [4.78, 5) is 25.0. The van der Waals surface area contributed by atoms with Crippen molar-refractivity contribution >= 4 is 22.5 Å². The lowest BCUT2D eigenvalue weighted by molar-refractivity contribution is -0.121. The summed E-state index contributed by atoms with van der Waals surface area (Å²) in [5.74, 6) is 0.0672. The summed E-state index contributed by atoms with van der Waals surface area (Å²) in [6.45, 7) is 1.25. The fraction of sp³-hybridized carbons (Fsp3) is 0.391. The maximum atomic E-state index is 12.9. The molecule has 0 fully saturated rings. The van der Waals surface area contributed by atoms with E-state index in [2.05, 4.69) is 11.4 Å². The van der Waals surface area contributed by atoms with Crippen molar-refractivity contribution in [2.24, 2.45) is 0 Å². The van der Waals surface area contributed by atoms with Gasteiger partial charge in [-0.1, -0.05) is 23.8 Å². The van der Waals surface area contributed by atoms with E-state index < -0.39 is 0 Å². The standard InChI is InChI=1S/C23H27N3O2/c27-22(24-15-14-18-8-2-1-3-9-18)13-7-17-26-20-11-5-4-10-19(20)25-16-6-12-21(25)23(26)28/h4-6,8,10-12,16H,1-3,7,9,13-15,17H2,(H,24,27). The molecule has 1 amide bonds. The Balaban J connectivity index is 1.37. The molecule has 2 heterocycles. The van der Waals surface area contributed by atoms with Crippen LogP contribution < -0.4 is 10.9 Å². The van der Waals surface area contributed by atoms with Crippen LogP contribution in [0, 0.1) is 0 Å². The molecular formula is C23H27N3O2. The summed E-state index contributed by atoms with van der Waals surface area (Å²) < 4.78 is 3.73. The van der Waals surface area contributed by atoms with Crippen LogP contribution in [0.2, 0.25) is 0 Å². The average Bonchev–Trinajstić information content (AvgIpc) is 3.22. The van der Waals surface area contributed by atoms with Crippen molar-refractivity contribution in [2.45, 2.75) is 51.5 Å². The van der Waals surface area contributed by atoms with E-state index in [1.807, 2.05) is 47.0 Å². The Morgan fingerprint density at radius 1 is 1.04 bits per heavy atom. The summed E-state index contributed by atoms with van der Waals surface area (Å²) >= 11 is 0. The number of allylic oxidation sites excluding steroid dienone is 1. The molecule has 5 nitrogen and oxygen atoms in total. The van der Waals surface area contributed by atoms with Gasteiger partial charge in [-0.2, -0.15) is 0 Å². The first-order chi connectivity index (χ1) is 13.7. The molecule has 0 saturated carbocycles. The van der Waals surface area contributed by atoms with Gasteiger partial charge in [-0.15, -0.1) is 0 Å². The molecule has 4 rings (SSSR count). The molecule has 1 N–H and O–H groups in total. The third kappa shape index (κ3) is 3.88. The molecule has 1 aromatic carbocycles. The Labute approximate surface area is 164 Å². The second-order valence-electron chi connectivity index (χ2n) is 7.52. The van der Waals surface area contributed by atoms with Crippen molar-refractivity contribution in [3.05, 3.63) is 64.6 Å². The highest BCUT2D eigenvalue weighted by Crippen LogP contribution is 2.19. The molecule has 0 unspecified atom stereocenters. The van der Waals surface area contributed by atoms with E-state index in [0.29, 0.717) is 31.4 Å². The summed E-state index contributed by atoms with van der Waals surface area (Å²) in [6.07, 6.45) is 11.2. The molecule has 2 aromatic heterocycles. The van der Waals surface area contributed by atoms with Crippen molar-refractivity contribution in [3.8, 4) is 0 Å². The topological polar surface area (TPSA) is 55.5 Å². The van der Waals surface area contributed by atoms with Gasteiger partial charge in [0.05, 0.1) is 11.0 Å². The van der Waals surface area contributed by atoms with Gasteiger partial charge in [0.25, 0.3) is 5.56 Å². The number of hydrogen-bond donors (Lipinski definition) is 1. The number of rotatable bonds is 7. The SMILES string of the molecule is O=C(CCCn1c(=O)c2cccn2c2ccccc21)NCCC1=CCCCC1. The molecular weight excluding hydrogens is 350 g/mol. The van der Waals surface area contributed by atoms with Crippen molar-refractivity contribution in [1.29, 1.82) is 0 Å². The average molecular weight is 377 g/mol. The van der Waals surface area contributed by atoms with Gasteiger partial charge in [0.15, 0.2) is 0 Å². The molecule has 146 valence electrons. The van der Waals surface area contributed by atoms with Gasteiger partial charge in [0, 0.05) is 25.7 Å². The zero-order valence-corrected chi connectivity index (χ0v) is 16.2. The van der Waals surface area contributed by atoms with E-state index in [1.54, 1.807) is 4.57 Å². The van der Waals surface area contributed by atoms with Crippen LogP contribution in [0.1, 0.15) is 44.9 Å².